The Morgan fingerprint density at radius 3 is 2.73 bits per heavy atom. The summed E-state index contributed by atoms with van der Waals surface area (Å²) in [5.41, 5.74) is 12.0. The van der Waals surface area contributed by atoms with Gasteiger partial charge in [-0.15, -0.1) is 0 Å². The molecule has 26 heavy (non-hydrogen) atoms. The lowest BCUT2D eigenvalue weighted by Crippen LogP contribution is -2.43. The van der Waals surface area contributed by atoms with Gasteiger partial charge in [-0.2, -0.15) is 0 Å². The molecule has 0 radical (unpaired) electrons. The Morgan fingerprint density at radius 2 is 2.04 bits per heavy atom. The molecule has 7 nitrogen and oxygen atoms in total. The maximum Gasteiger partial charge on any atom is 0.252 e. The number of hydrogen-bond donors (Lipinski definition) is 4. The monoisotopic (exact) mass is 378 g/mol. The van der Waals surface area contributed by atoms with Crippen molar-refractivity contribution in [2.75, 3.05) is 10.6 Å². The van der Waals surface area contributed by atoms with Crippen molar-refractivity contribution in [3.05, 3.63) is 40.9 Å². The molecule has 1 amide bonds. The molecule has 0 spiro atoms. The number of primary amides is 1. The van der Waals surface area contributed by atoms with Crippen LogP contribution in [0.25, 0.3) is 0 Å². The van der Waals surface area contributed by atoms with Crippen molar-refractivity contribution in [3.63, 3.8) is 0 Å². The molecule has 3 rings (SSSR count). The van der Waals surface area contributed by atoms with Crippen LogP contribution in [0.5, 0.6) is 0 Å². The average Bonchev–Trinajstić information content (AvgIpc) is 2.59. The molecule has 0 aliphatic heterocycles. The Morgan fingerprint density at radius 1 is 1.27 bits per heavy atom. The van der Waals surface area contributed by atoms with Gasteiger partial charge in [-0.3, -0.25) is 4.79 Å². The number of carbonyl (C=O) groups is 1. The number of hydrogen-bond acceptors (Lipinski definition) is 6. The minimum Gasteiger partial charge on any atom is -0.365 e. The van der Waals surface area contributed by atoms with Gasteiger partial charge in [0, 0.05) is 24.0 Å². The van der Waals surface area contributed by atoms with Gasteiger partial charge in [0.05, 0.1) is 5.56 Å². The van der Waals surface area contributed by atoms with E-state index in [0.29, 0.717) is 5.69 Å². The number of rotatable bonds is 5. The van der Waals surface area contributed by atoms with E-state index in [9.17, 15) is 9.18 Å². The first-order chi connectivity index (χ1) is 12.4. The van der Waals surface area contributed by atoms with E-state index >= 15 is 0 Å². The Hall–Kier alpha value is -2.45. The maximum absolute atomic E-state index is 14.4. The van der Waals surface area contributed by atoms with Crippen molar-refractivity contribution in [2.24, 2.45) is 11.5 Å². The highest BCUT2D eigenvalue weighted by Crippen LogP contribution is 2.27. The summed E-state index contributed by atoms with van der Waals surface area (Å²) in [5, 5.41) is 6.27. The van der Waals surface area contributed by atoms with Crippen LogP contribution in [0.2, 0.25) is 5.15 Å². The molecule has 6 N–H and O–H groups in total. The average molecular weight is 379 g/mol. The third-order valence-corrected chi connectivity index (χ3v) is 4.58. The fraction of sp³-hybridized carbons (Fsp3) is 0.353. The van der Waals surface area contributed by atoms with Crippen LogP contribution in [0, 0.1) is 5.82 Å². The molecule has 138 valence electrons. The number of nitrogens with two attached hydrogens (primary N) is 2. The Labute approximate surface area is 155 Å². The topological polar surface area (TPSA) is 119 Å². The van der Waals surface area contributed by atoms with Crippen LogP contribution in [0.15, 0.2) is 24.4 Å². The number of carbonyl (C=O) groups excluding carboxylic acids is 1. The van der Waals surface area contributed by atoms with Crippen molar-refractivity contribution < 1.29 is 9.18 Å². The van der Waals surface area contributed by atoms with E-state index < -0.39 is 11.7 Å². The first-order valence-electron chi connectivity index (χ1n) is 8.35. The smallest absolute Gasteiger partial charge is 0.252 e. The van der Waals surface area contributed by atoms with E-state index in [1.54, 1.807) is 12.1 Å². The third kappa shape index (κ3) is 4.20. The van der Waals surface area contributed by atoms with Gasteiger partial charge < -0.3 is 22.1 Å². The molecule has 2 aromatic rings. The molecule has 0 aromatic carbocycles. The van der Waals surface area contributed by atoms with Crippen LogP contribution in [0.1, 0.15) is 36.0 Å². The van der Waals surface area contributed by atoms with Gasteiger partial charge in [0.15, 0.2) is 11.6 Å². The predicted molar refractivity (Wildman–Crippen MR) is 99.1 cm³/mol. The molecule has 2 heterocycles. The number of nitrogens with one attached hydrogen (secondary N) is 2. The number of halogens is 2. The number of nitrogens with zero attached hydrogens (tertiary/aromatic N) is 2. The molecule has 2 atom stereocenters. The Kier molecular flexibility index (Phi) is 5.53. The highest BCUT2D eigenvalue weighted by Gasteiger charge is 2.24. The second-order valence-corrected chi connectivity index (χ2v) is 6.66. The first kappa shape index (κ1) is 18.3. The molecular weight excluding hydrogens is 359 g/mol. The number of aromatic nitrogens is 2. The van der Waals surface area contributed by atoms with Crippen LogP contribution >= 0.6 is 11.6 Å². The van der Waals surface area contributed by atoms with E-state index in [2.05, 4.69) is 20.6 Å². The largest absolute Gasteiger partial charge is 0.365 e. The fourth-order valence-corrected chi connectivity index (χ4v) is 3.18. The van der Waals surface area contributed by atoms with E-state index in [4.69, 9.17) is 23.1 Å². The lowest BCUT2D eigenvalue weighted by atomic mass is 9.91. The van der Waals surface area contributed by atoms with E-state index in [0.717, 1.165) is 31.7 Å². The summed E-state index contributed by atoms with van der Waals surface area (Å²) >= 11 is 5.87. The predicted octanol–water partition coefficient (Wildman–Crippen LogP) is 2.79. The fourth-order valence-electron chi connectivity index (χ4n) is 3.00. The number of pyridine rings is 2. The van der Waals surface area contributed by atoms with Gasteiger partial charge in [0.25, 0.3) is 5.91 Å². The maximum atomic E-state index is 14.4. The summed E-state index contributed by atoms with van der Waals surface area (Å²) in [6, 6.07) is 4.12. The molecule has 1 aliphatic rings. The highest BCUT2D eigenvalue weighted by molar-refractivity contribution is 6.29. The summed E-state index contributed by atoms with van der Waals surface area (Å²) in [6.07, 6.45) is 5.29. The highest BCUT2D eigenvalue weighted by atomic mass is 35.5. The van der Waals surface area contributed by atoms with Crippen molar-refractivity contribution in [3.8, 4) is 0 Å². The molecule has 0 saturated heterocycles. The van der Waals surface area contributed by atoms with Gasteiger partial charge in [0.1, 0.15) is 11.0 Å². The quantitative estimate of drug-likeness (QED) is 0.594. The normalized spacial score (nSPS) is 19.8. The number of amides is 1. The molecule has 0 bridgehead atoms. The number of anilines is 3. The van der Waals surface area contributed by atoms with E-state index in [1.165, 1.54) is 6.20 Å². The molecule has 1 saturated carbocycles. The summed E-state index contributed by atoms with van der Waals surface area (Å²) < 4.78 is 14.4. The molecule has 0 unspecified atom stereocenters. The second-order valence-electron chi connectivity index (χ2n) is 6.27. The van der Waals surface area contributed by atoms with Crippen LogP contribution in [0.3, 0.4) is 0 Å². The second kappa shape index (κ2) is 7.84. The van der Waals surface area contributed by atoms with Gasteiger partial charge in [-0.1, -0.05) is 24.4 Å². The van der Waals surface area contributed by atoms with E-state index in [-0.39, 0.29) is 34.4 Å². The molecule has 1 fully saturated rings. The van der Waals surface area contributed by atoms with Crippen LogP contribution < -0.4 is 22.1 Å². The summed E-state index contributed by atoms with van der Waals surface area (Å²) in [4.78, 5) is 19.8. The lowest BCUT2D eigenvalue weighted by Gasteiger charge is -2.30. The SMILES string of the molecule is NC(=O)c1cc(F)c(N[C@@H]2CCCC[C@@H]2N)nc1Nc1ccnc(Cl)c1. The molecular formula is C17H20ClFN6O. The van der Waals surface area contributed by atoms with Gasteiger partial charge >= 0.3 is 0 Å². The Bertz CT molecular complexity index is 818. The zero-order valence-electron chi connectivity index (χ0n) is 14.0. The van der Waals surface area contributed by atoms with Crippen LogP contribution in [-0.2, 0) is 0 Å². The zero-order valence-corrected chi connectivity index (χ0v) is 14.8. The van der Waals surface area contributed by atoms with Crippen molar-refractivity contribution in [1.29, 1.82) is 0 Å². The van der Waals surface area contributed by atoms with Crippen LogP contribution in [-0.4, -0.2) is 28.0 Å². The molecule has 1 aliphatic carbocycles. The first-order valence-corrected chi connectivity index (χ1v) is 8.73. The molecule has 2 aromatic heterocycles. The van der Waals surface area contributed by atoms with Crippen molar-refractivity contribution in [2.45, 2.75) is 37.8 Å². The Balaban J connectivity index is 1.92. The summed E-state index contributed by atoms with van der Waals surface area (Å²) in [7, 11) is 0. The molecule has 9 heteroatoms. The van der Waals surface area contributed by atoms with Gasteiger partial charge in [0.2, 0.25) is 0 Å². The third-order valence-electron chi connectivity index (χ3n) is 4.37. The standard InChI is InChI=1S/C17H20ClFN6O/c18-14-7-9(5-6-22-14)23-16-10(15(21)26)8-11(19)17(25-16)24-13-4-2-1-3-12(13)20/h5-8,12-13H,1-4,20H2,(H2,21,26)(H2,22,23,24,25)/t12-,13+/m0/s1. The van der Waals surface area contributed by atoms with E-state index in [1.807, 2.05) is 0 Å². The van der Waals surface area contributed by atoms with Crippen molar-refractivity contribution in [1.82, 2.24) is 9.97 Å². The van der Waals surface area contributed by atoms with Crippen LogP contribution in [0.4, 0.5) is 21.7 Å². The van der Waals surface area contributed by atoms with Crippen molar-refractivity contribution >= 4 is 34.8 Å². The van der Waals surface area contributed by atoms with Gasteiger partial charge in [-0.25, -0.2) is 14.4 Å². The zero-order chi connectivity index (χ0) is 18.7. The lowest BCUT2D eigenvalue weighted by molar-refractivity contribution is 0.100. The minimum atomic E-state index is -0.792. The summed E-state index contributed by atoms with van der Waals surface area (Å²) in [5.74, 6) is -1.29. The van der Waals surface area contributed by atoms with Gasteiger partial charge in [-0.05, 0) is 31.0 Å². The minimum absolute atomic E-state index is 0.0278. The summed E-state index contributed by atoms with van der Waals surface area (Å²) in [6.45, 7) is 0.